The van der Waals surface area contributed by atoms with Gasteiger partial charge in [0.05, 0.1) is 5.70 Å². The van der Waals surface area contributed by atoms with Crippen molar-refractivity contribution in [2.75, 3.05) is 6.54 Å². The summed E-state index contributed by atoms with van der Waals surface area (Å²) < 4.78 is 6.00. The summed E-state index contributed by atoms with van der Waals surface area (Å²) in [5.74, 6) is 1.02. The number of allylic oxidation sites excluding steroid dienone is 8. The number of amides is 1. The molecule has 0 saturated carbocycles. The van der Waals surface area contributed by atoms with Crippen molar-refractivity contribution in [3.63, 3.8) is 0 Å². The standard InChI is InChI=1S/C27H29ClN2O4.C8H14.C2H2/c1-18-8-11-22(28)6-4-14-29-26(18)27(33)30-17-20-5-3-7-23(16-20)34-24-12-9-21(19(2)15-24)10-13-25(31)32;1-4-5-6-7-8(2)3;1-2/h3-7,9,11-12,15-16,29H,8,10,13-14,17H2,1-2H3,(H,30,33)(H,31,32);4-8H,1-3H3;1-2H/b6-4-,22-11+,26-18-;5-4-,7-6-;. The second-order valence-corrected chi connectivity index (χ2v) is 10.7. The fourth-order valence-electron chi connectivity index (χ4n) is 3.96. The fraction of sp³-hybridized carbons (Fsp3) is 0.297. The molecule has 0 fully saturated rings. The van der Waals surface area contributed by atoms with E-state index in [0.29, 0.717) is 54.1 Å². The summed E-state index contributed by atoms with van der Waals surface area (Å²) in [7, 11) is 0. The average Bonchev–Trinajstić information content (AvgIpc) is 3.07. The van der Waals surface area contributed by atoms with Crippen LogP contribution in [0.5, 0.6) is 11.5 Å². The number of ether oxygens (including phenoxy) is 1. The Balaban J connectivity index is 0.000000840. The Hall–Kier alpha value is -4.47. The van der Waals surface area contributed by atoms with Gasteiger partial charge >= 0.3 is 5.97 Å². The lowest BCUT2D eigenvalue weighted by molar-refractivity contribution is -0.137. The lowest BCUT2D eigenvalue weighted by Crippen LogP contribution is -2.32. The minimum Gasteiger partial charge on any atom is -0.481 e. The van der Waals surface area contributed by atoms with Gasteiger partial charge in [0, 0.05) is 24.5 Å². The molecule has 1 amide bonds. The molecule has 0 radical (unpaired) electrons. The number of carboxylic acid groups (broad SMARTS) is 1. The van der Waals surface area contributed by atoms with Crippen molar-refractivity contribution in [1.82, 2.24) is 10.6 Å². The molecule has 1 aliphatic rings. The predicted octanol–water partition coefficient (Wildman–Crippen LogP) is 8.39. The van der Waals surface area contributed by atoms with Crippen molar-refractivity contribution >= 4 is 23.5 Å². The zero-order valence-electron chi connectivity index (χ0n) is 26.4. The number of benzene rings is 2. The van der Waals surface area contributed by atoms with Crippen molar-refractivity contribution in [3.8, 4) is 24.3 Å². The van der Waals surface area contributed by atoms with Crippen LogP contribution in [0.4, 0.5) is 0 Å². The number of halogens is 1. The van der Waals surface area contributed by atoms with Gasteiger partial charge in [0.15, 0.2) is 0 Å². The van der Waals surface area contributed by atoms with E-state index in [1.165, 1.54) is 0 Å². The van der Waals surface area contributed by atoms with E-state index in [1.807, 2.05) is 93.6 Å². The molecule has 2 aromatic carbocycles. The largest absolute Gasteiger partial charge is 0.481 e. The summed E-state index contributed by atoms with van der Waals surface area (Å²) in [6, 6.07) is 13.2. The van der Waals surface area contributed by atoms with Gasteiger partial charge in [-0.05, 0) is 92.1 Å². The summed E-state index contributed by atoms with van der Waals surface area (Å²) in [5, 5.41) is 15.7. The highest BCUT2D eigenvalue weighted by Gasteiger charge is 2.13. The minimum atomic E-state index is -0.811. The summed E-state index contributed by atoms with van der Waals surface area (Å²) >= 11 is 6.10. The van der Waals surface area contributed by atoms with E-state index in [0.717, 1.165) is 22.3 Å². The van der Waals surface area contributed by atoms with Crippen molar-refractivity contribution in [3.05, 3.63) is 118 Å². The van der Waals surface area contributed by atoms with E-state index in [2.05, 4.69) is 49.5 Å². The van der Waals surface area contributed by atoms with E-state index >= 15 is 0 Å². The number of terminal acetylenes is 1. The third-order valence-corrected chi connectivity index (χ3v) is 6.52. The Morgan fingerprint density at radius 3 is 2.50 bits per heavy atom. The van der Waals surface area contributed by atoms with E-state index in [9.17, 15) is 9.59 Å². The Bertz CT molecular complexity index is 1400. The number of carboxylic acids is 1. The van der Waals surface area contributed by atoms with Gasteiger partial charge in [-0.2, -0.15) is 0 Å². The van der Waals surface area contributed by atoms with Gasteiger partial charge in [0.25, 0.3) is 5.91 Å². The van der Waals surface area contributed by atoms with Crippen LogP contribution >= 0.6 is 11.6 Å². The Labute approximate surface area is 268 Å². The number of nitrogens with one attached hydrogen (secondary N) is 2. The molecule has 0 aliphatic carbocycles. The number of carbonyl (C=O) groups excluding carboxylic acids is 1. The topological polar surface area (TPSA) is 87.7 Å². The molecule has 0 aromatic heterocycles. The monoisotopic (exact) mass is 616 g/mol. The van der Waals surface area contributed by atoms with E-state index < -0.39 is 5.97 Å². The normalized spacial score (nSPS) is 16.5. The molecular formula is C37H45ClN2O4. The maximum atomic E-state index is 12.8. The number of hydrogen-bond acceptors (Lipinski definition) is 4. The molecule has 3 N–H and O–H groups in total. The summed E-state index contributed by atoms with van der Waals surface area (Å²) in [5.41, 5.74) is 4.35. The first-order chi connectivity index (χ1) is 21.1. The molecule has 0 atom stereocenters. The molecule has 234 valence electrons. The van der Waals surface area contributed by atoms with Crippen molar-refractivity contribution in [2.24, 2.45) is 5.92 Å². The van der Waals surface area contributed by atoms with Crippen LogP contribution < -0.4 is 15.4 Å². The Morgan fingerprint density at radius 1 is 1.11 bits per heavy atom. The summed E-state index contributed by atoms with van der Waals surface area (Å²) in [6.45, 7) is 11.1. The lowest BCUT2D eigenvalue weighted by atomic mass is 10.0. The first kappa shape index (κ1) is 37.6. The zero-order valence-corrected chi connectivity index (χ0v) is 27.2. The molecule has 2 aromatic rings. The lowest BCUT2D eigenvalue weighted by Gasteiger charge is -2.14. The number of aliphatic carboxylic acids is 1. The van der Waals surface area contributed by atoms with Gasteiger partial charge in [0.2, 0.25) is 0 Å². The molecule has 1 heterocycles. The molecular weight excluding hydrogens is 572 g/mol. The Morgan fingerprint density at radius 2 is 1.84 bits per heavy atom. The van der Waals surface area contributed by atoms with Crippen molar-refractivity contribution < 1.29 is 19.4 Å². The molecule has 0 saturated heterocycles. The van der Waals surface area contributed by atoms with Crippen LogP contribution in [0.15, 0.2) is 101 Å². The first-order valence-corrected chi connectivity index (χ1v) is 14.9. The van der Waals surface area contributed by atoms with Crippen LogP contribution in [-0.4, -0.2) is 23.5 Å². The molecule has 0 bridgehead atoms. The number of hydrogen-bond donors (Lipinski definition) is 3. The highest BCUT2D eigenvalue weighted by molar-refractivity contribution is 6.31. The van der Waals surface area contributed by atoms with Crippen LogP contribution in [0.25, 0.3) is 0 Å². The summed E-state index contributed by atoms with van der Waals surface area (Å²) in [4.78, 5) is 23.6. The highest BCUT2D eigenvalue weighted by atomic mass is 35.5. The second kappa shape index (κ2) is 21.3. The molecule has 7 heteroatoms. The van der Waals surface area contributed by atoms with E-state index in [1.54, 1.807) is 0 Å². The van der Waals surface area contributed by atoms with Gasteiger partial charge in [-0.1, -0.05) is 80.1 Å². The van der Waals surface area contributed by atoms with Crippen LogP contribution in [0.1, 0.15) is 57.2 Å². The van der Waals surface area contributed by atoms with Gasteiger partial charge < -0.3 is 20.5 Å². The Kier molecular flexibility index (Phi) is 18.1. The first-order valence-electron chi connectivity index (χ1n) is 14.5. The molecule has 3 rings (SSSR count). The maximum Gasteiger partial charge on any atom is 0.303 e. The van der Waals surface area contributed by atoms with E-state index in [-0.39, 0.29) is 12.3 Å². The molecule has 1 aliphatic heterocycles. The average molecular weight is 617 g/mol. The van der Waals surface area contributed by atoms with E-state index in [4.69, 9.17) is 21.4 Å². The van der Waals surface area contributed by atoms with Crippen LogP contribution in [0.3, 0.4) is 0 Å². The van der Waals surface area contributed by atoms with Gasteiger partial charge in [-0.15, -0.1) is 12.8 Å². The van der Waals surface area contributed by atoms with Gasteiger partial charge in [-0.25, -0.2) is 0 Å². The summed E-state index contributed by atoms with van der Waals surface area (Å²) in [6.07, 6.45) is 23.1. The van der Waals surface area contributed by atoms with Crippen molar-refractivity contribution in [1.29, 1.82) is 0 Å². The molecule has 6 nitrogen and oxygen atoms in total. The third kappa shape index (κ3) is 15.1. The second-order valence-electron chi connectivity index (χ2n) is 10.3. The minimum absolute atomic E-state index is 0.0991. The maximum absolute atomic E-state index is 12.8. The van der Waals surface area contributed by atoms with Crippen LogP contribution in [0, 0.1) is 25.7 Å². The van der Waals surface area contributed by atoms with Gasteiger partial charge in [0.1, 0.15) is 11.5 Å². The molecule has 0 spiro atoms. The smallest absolute Gasteiger partial charge is 0.303 e. The molecule has 0 unspecified atom stereocenters. The van der Waals surface area contributed by atoms with Crippen LogP contribution in [0.2, 0.25) is 0 Å². The highest BCUT2D eigenvalue weighted by Crippen LogP contribution is 2.25. The number of aryl methyl sites for hydroxylation is 2. The molecule has 44 heavy (non-hydrogen) atoms. The SMILES string of the molecule is C#C.C/C1=C(\C(=O)NCc2cccc(Oc3ccc(CCC(=O)O)c(C)c3)c2)NC/C=C\C(Cl)=C/C1.C/C=C\C=C/C(C)C. The third-order valence-electron chi connectivity index (χ3n) is 6.24. The zero-order chi connectivity index (χ0) is 32.9. The quantitative estimate of drug-likeness (QED) is 0.184. The predicted molar refractivity (Wildman–Crippen MR) is 183 cm³/mol. The van der Waals surface area contributed by atoms with Gasteiger partial charge in [-0.3, -0.25) is 9.59 Å². The number of carbonyl (C=O) groups is 2. The fourth-order valence-corrected chi connectivity index (χ4v) is 4.12. The number of rotatable bonds is 10. The van der Waals surface area contributed by atoms with Crippen molar-refractivity contribution in [2.45, 2.75) is 60.4 Å². The van der Waals surface area contributed by atoms with Crippen LogP contribution in [-0.2, 0) is 22.6 Å².